The SMILES string of the molecule is NCC1=C2C3C(=C(O)CC1)C3C1C3CC3C21. The second-order valence-electron chi connectivity index (χ2n) is 6.34. The summed E-state index contributed by atoms with van der Waals surface area (Å²) in [6.07, 6.45) is 3.34. The summed E-state index contributed by atoms with van der Waals surface area (Å²) in [5.41, 5.74) is 10.5. The van der Waals surface area contributed by atoms with Crippen LogP contribution in [0.3, 0.4) is 0 Å². The lowest BCUT2D eigenvalue weighted by molar-refractivity contribution is 0.197. The predicted octanol–water partition coefficient (Wildman–Crippen LogP) is 1.99. The number of rotatable bonds is 1. The van der Waals surface area contributed by atoms with Gasteiger partial charge in [-0.05, 0) is 48.0 Å². The third kappa shape index (κ3) is 0.674. The summed E-state index contributed by atoms with van der Waals surface area (Å²) in [5, 5.41) is 10.1. The molecule has 6 atom stereocenters. The minimum Gasteiger partial charge on any atom is -0.512 e. The molecule has 0 aromatic carbocycles. The van der Waals surface area contributed by atoms with Gasteiger partial charge in [-0.15, -0.1) is 0 Å². The number of aliphatic hydroxyl groups excluding tert-OH is 1. The van der Waals surface area contributed by atoms with Crippen molar-refractivity contribution in [3.8, 4) is 0 Å². The molecule has 0 heterocycles. The van der Waals surface area contributed by atoms with E-state index >= 15 is 0 Å². The molecular weight excluding hydrogens is 198 g/mol. The molecule has 5 rings (SSSR count). The largest absolute Gasteiger partial charge is 0.512 e. The quantitative estimate of drug-likeness (QED) is 0.657. The van der Waals surface area contributed by atoms with Crippen LogP contribution in [0.5, 0.6) is 0 Å². The van der Waals surface area contributed by atoms with Gasteiger partial charge in [-0.3, -0.25) is 0 Å². The molecule has 5 aliphatic carbocycles. The minimum atomic E-state index is 0.656. The highest BCUT2D eigenvalue weighted by molar-refractivity contribution is 5.56. The zero-order valence-electron chi connectivity index (χ0n) is 9.32. The average molecular weight is 215 g/mol. The molecule has 16 heavy (non-hydrogen) atoms. The maximum absolute atomic E-state index is 10.1. The topological polar surface area (TPSA) is 46.2 Å². The fourth-order valence-electron chi connectivity index (χ4n) is 5.31. The number of fused-ring (bicyclic) bond motifs is 7. The standard InChI is InChI=1S/C14H17NO/c15-4-5-1-2-8(16)12-13-9(5)10-6-3-7(6)11(10)14(12)13/h6-7,10-11,13-14,16H,1-4,15H2. The molecule has 6 unspecified atom stereocenters. The minimum absolute atomic E-state index is 0.656. The van der Waals surface area contributed by atoms with Crippen LogP contribution in [0.2, 0.25) is 0 Å². The molecule has 0 aromatic heterocycles. The molecule has 84 valence electrons. The molecule has 0 bridgehead atoms. The Bertz CT molecular complexity index is 475. The van der Waals surface area contributed by atoms with Gasteiger partial charge in [0.2, 0.25) is 0 Å². The van der Waals surface area contributed by atoms with Gasteiger partial charge in [0, 0.05) is 18.9 Å². The number of hydrogen-bond donors (Lipinski definition) is 2. The van der Waals surface area contributed by atoms with Crippen molar-refractivity contribution >= 4 is 0 Å². The molecule has 4 fully saturated rings. The summed E-state index contributed by atoms with van der Waals surface area (Å²) in [6, 6.07) is 0. The molecule has 0 spiro atoms. The van der Waals surface area contributed by atoms with Crippen LogP contribution in [0, 0.1) is 35.5 Å². The van der Waals surface area contributed by atoms with Gasteiger partial charge in [-0.25, -0.2) is 0 Å². The summed E-state index contributed by atoms with van der Waals surface area (Å²) in [6.45, 7) is 0.722. The molecule has 0 amide bonds. The van der Waals surface area contributed by atoms with Crippen LogP contribution in [-0.4, -0.2) is 11.7 Å². The van der Waals surface area contributed by atoms with Crippen LogP contribution in [0.1, 0.15) is 19.3 Å². The van der Waals surface area contributed by atoms with E-state index in [0.717, 1.165) is 54.7 Å². The normalized spacial score (nSPS) is 55.1. The van der Waals surface area contributed by atoms with E-state index in [1.807, 2.05) is 0 Å². The first kappa shape index (κ1) is 8.35. The van der Waals surface area contributed by atoms with Crippen LogP contribution in [-0.2, 0) is 0 Å². The van der Waals surface area contributed by atoms with Crippen LogP contribution in [0.15, 0.2) is 22.5 Å². The molecule has 3 N–H and O–H groups in total. The molecule has 4 saturated carbocycles. The van der Waals surface area contributed by atoms with E-state index in [2.05, 4.69) is 0 Å². The Kier molecular flexibility index (Phi) is 1.18. The Morgan fingerprint density at radius 1 is 1.12 bits per heavy atom. The van der Waals surface area contributed by atoms with E-state index in [4.69, 9.17) is 5.73 Å². The van der Waals surface area contributed by atoms with Crippen molar-refractivity contribution < 1.29 is 5.11 Å². The first-order valence-corrected chi connectivity index (χ1v) is 6.66. The van der Waals surface area contributed by atoms with Crippen molar-refractivity contribution in [1.29, 1.82) is 0 Å². The van der Waals surface area contributed by atoms with E-state index in [-0.39, 0.29) is 0 Å². The number of allylic oxidation sites excluding steroid dienone is 3. The maximum Gasteiger partial charge on any atom is 0.0927 e. The summed E-state index contributed by atoms with van der Waals surface area (Å²) < 4.78 is 0. The van der Waals surface area contributed by atoms with E-state index in [1.54, 1.807) is 5.57 Å². The van der Waals surface area contributed by atoms with E-state index in [1.165, 1.54) is 17.6 Å². The number of aliphatic hydroxyl groups is 1. The molecule has 0 saturated heterocycles. The highest BCUT2D eigenvalue weighted by atomic mass is 16.3. The molecule has 5 aliphatic rings. The third-order valence-electron chi connectivity index (χ3n) is 5.97. The van der Waals surface area contributed by atoms with Gasteiger partial charge < -0.3 is 10.8 Å². The van der Waals surface area contributed by atoms with Crippen molar-refractivity contribution in [1.82, 2.24) is 0 Å². The fourth-order valence-corrected chi connectivity index (χ4v) is 5.31. The van der Waals surface area contributed by atoms with Gasteiger partial charge in [0.05, 0.1) is 5.76 Å². The third-order valence-corrected chi connectivity index (χ3v) is 5.97. The average Bonchev–Trinajstić information content (AvgIpc) is 3.13. The van der Waals surface area contributed by atoms with Crippen molar-refractivity contribution in [2.24, 2.45) is 41.2 Å². The Balaban J connectivity index is 1.71. The summed E-state index contributed by atoms with van der Waals surface area (Å²) in [5.74, 6) is 6.00. The van der Waals surface area contributed by atoms with Crippen LogP contribution in [0.25, 0.3) is 0 Å². The molecule has 0 aromatic rings. The molecule has 0 radical (unpaired) electrons. The summed E-state index contributed by atoms with van der Waals surface area (Å²) in [4.78, 5) is 0. The fraction of sp³-hybridized carbons (Fsp3) is 0.714. The predicted molar refractivity (Wildman–Crippen MR) is 60.5 cm³/mol. The van der Waals surface area contributed by atoms with Crippen molar-refractivity contribution in [2.75, 3.05) is 6.54 Å². The van der Waals surface area contributed by atoms with Crippen LogP contribution >= 0.6 is 0 Å². The van der Waals surface area contributed by atoms with Crippen LogP contribution in [0.4, 0.5) is 0 Å². The van der Waals surface area contributed by atoms with Crippen molar-refractivity contribution in [3.05, 3.63) is 22.5 Å². The molecule has 2 heteroatoms. The van der Waals surface area contributed by atoms with Gasteiger partial charge in [0.25, 0.3) is 0 Å². The Morgan fingerprint density at radius 3 is 2.81 bits per heavy atom. The lowest BCUT2D eigenvalue weighted by Crippen LogP contribution is -2.30. The second kappa shape index (κ2) is 2.26. The maximum atomic E-state index is 10.1. The lowest BCUT2D eigenvalue weighted by atomic mass is 9.70. The van der Waals surface area contributed by atoms with Gasteiger partial charge >= 0.3 is 0 Å². The summed E-state index contributed by atoms with van der Waals surface area (Å²) >= 11 is 0. The second-order valence-corrected chi connectivity index (χ2v) is 6.34. The summed E-state index contributed by atoms with van der Waals surface area (Å²) in [7, 11) is 0. The molecular formula is C14H17NO. The molecule has 2 nitrogen and oxygen atoms in total. The van der Waals surface area contributed by atoms with Crippen molar-refractivity contribution in [2.45, 2.75) is 19.3 Å². The number of hydrogen-bond acceptors (Lipinski definition) is 2. The van der Waals surface area contributed by atoms with E-state index in [0.29, 0.717) is 5.92 Å². The first-order valence-electron chi connectivity index (χ1n) is 6.66. The van der Waals surface area contributed by atoms with Gasteiger partial charge in [0.15, 0.2) is 0 Å². The Hall–Kier alpha value is -0.760. The van der Waals surface area contributed by atoms with Gasteiger partial charge in [-0.2, -0.15) is 0 Å². The van der Waals surface area contributed by atoms with Gasteiger partial charge in [-0.1, -0.05) is 11.1 Å². The first-order chi connectivity index (χ1) is 7.83. The van der Waals surface area contributed by atoms with Crippen molar-refractivity contribution in [3.63, 3.8) is 0 Å². The van der Waals surface area contributed by atoms with E-state index in [9.17, 15) is 5.11 Å². The highest BCUT2D eigenvalue weighted by Gasteiger charge is 2.76. The van der Waals surface area contributed by atoms with E-state index < -0.39 is 0 Å². The Labute approximate surface area is 95.2 Å². The molecule has 0 aliphatic heterocycles. The highest BCUT2D eigenvalue weighted by Crippen LogP contribution is 2.82. The van der Waals surface area contributed by atoms with Gasteiger partial charge in [0.1, 0.15) is 0 Å². The van der Waals surface area contributed by atoms with Crippen LogP contribution < -0.4 is 5.73 Å². The Morgan fingerprint density at radius 2 is 2.00 bits per heavy atom. The number of nitrogens with two attached hydrogens (primary N) is 1. The lowest BCUT2D eigenvalue weighted by Gasteiger charge is -2.34. The smallest absolute Gasteiger partial charge is 0.0927 e. The zero-order valence-corrected chi connectivity index (χ0v) is 9.32. The zero-order chi connectivity index (χ0) is 10.6. The monoisotopic (exact) mass is 215 g/mol.